The first kappa shape index (κ1) is 12.7. The maximum absolute atomic E-state index is 11.8. The number of fused-ring (bicyclic) bond motifs is 2. The molecule has 2 aliphatic rings. The Bertz CT molecular complexity index is 456. The summed E-state index contributed by atoms with van der Waals surface area (Å²) in [7, 11) is 0. The summed E-state index contributed by atoms with van der Waals surface area (Å²) in [5, 5.41) is 3.86. The topological polar surface area (TPSA) is 38.3 Å². The Morgan fingerprint density at radius 3 is 2.71 bits per heavy atom. The summed E-state index contributed by atoms with van der Waals surface area (Å²) in [5.41, 5.74) is 1.24. The molecule has 1 saturated heterocycles. The molecule has 3 rings (SSSR count). The molecular formula is C12H13Cl2NO2. The van der Waals surface area contributed by atoms with Crippen LogP contribution in [-0.4, -0.2) is 19.1 Å². The second-order valence-electron chi connectivity index (χ2n) is 4.32. The van der Waals surface area contributed by atoms with Crippen LogP contribution in [-0.2, 0) is 10.3 Å². The van der Waals surface area contributed by atoms with E-state index in [1.165, 1.54) is 0 Å². The van der Waals surface area contributed by atoms with Crippen LogP contribution in [0.25, 0.3) is 0 Å². The van der Waals surface area contributed by atoms with E-state index in [0.29, 0.717) is 10.6 Å². The van der Waals surface area contributed by atoms with E-state index in [1.54, 1.807) is 6.07 Å². The summed E-state index contributed by atoms with van der Waals surface area (Å²) < 4.78 is 5.58. The van der Waals surface area contributed by atoms with Crippen LogP contribution in [0.3, 0.4) is 0 Å². The van der Waals surface area contributed by atoms with Gasteiger partial charge in [0, 0.05) is 23.4 Å². The van der Waals surface area contributed by atoms with E-state index in [0.717, 1.165) is 31.5 Å². The highest BCUT2D eigenvalue weighted by Gasteiger charge is 2.45. The zero-order valence-corrected chi connectivity index (χ0v) is 10.7. The maximum Gasteiger partial charge on any atom is 0.339 e. The Kier molecular flexibility index (Phi) is 3.34. The fourth-order valence-electron chi connectivity index (χ4n) is 2.57. The fourth-order valence-corrected chi connectivity index (χ4v) is 2.74. The van der Waals surface area contributed by atoms with E-state index >= 15 is 0 Å². The number of esters is 1. The number of carbonyl (C=O) groups is 1. The number of hydrogen-bond donors (Lipinski definition) is 1. The first-order chi connectivity index (χ1) is 7.71. The Morgan fingerprint density at radius 1 is 1.29 bits per heavy atom. The Labute approximate surface area is 111 Å². The Balaban J connectivity index is 0.00000108. The minimum absolute atomic E-state index is 0. The van der Waals surface area contributed by atoms with Crippen molar-refractivity contribution in [1.82, 2.24) is 5.32 Å². The summed E-state index contributed by atoms with van der Waals surface area (Å²) in [6, 6.07) is 5.45. The van der Waals surface area contributed by atoms with Crippen molar-refractivity contribution in [3.63, 3.8) is 0 Å². The summed E-state index contributed by atoms with van der Waals surface area (Å²) >= 11 is 5.90. The van der Waals surface area contributed by atoms with Gasteiger partial charge in [0.1, 0.15) is 5.60 Å². The number of ether oxygens (including phenoxy) is 1. The molecule has 1 spiro atoms. The number of halogens is 2. The van der Waals surface area contributed by atoms with Gasteiger partial charge in [0.2, 0.25) is 0 Å². The van der Waals surface area contributed by atoms with E-state index < -0.39 is 5.60 Å². The zero-order chi connectivity index (χ0) is 11.2. The second kappa shape index (κ2) is 4.48. The van der Waals surface area contributed by atoms with Crippen molar-refractivity contribution >= 4 is 30.0 Å². The third kappa shape index (κ3) is 1.92. The zero-order valence-electron chi connectivity index (χ0n) is 9.16. The lowest BCUT2D eigenvalue weighted by Gasteiger charge is -2.33. The van der Waals surface area contributed by atoms with Gasteiger partial charge < -0.3 is 10.1 Å². The monoisotopic (exact) mass is 273 g/mol. The van der Waals surface area contributed by atoms with E-state index in [2.05, 4.69) is 5.32 Å². The number of nitrogens with one attached hydrogen (secondary N) is 1. The third-order valence-corrected chi connectivity index (χ3v) is 3.63. The minimum atomic E-state index is -0.401. The average molecular weight is 274 g/mol. The number of hydrogen-bond acceptors (Lipinski definition) is 3. The Morgan fingerprint density at radius 2 is 2.00 bits per heavy atom. The number of carbonyl (C=O) groups excluding carboxylic acids is 1. The highest BCUT2D eigenvalue weighted by molar-refractivity contribution is 6.31. The van der Waals surface area contributed by atoms with Crippen LogP contribution in [0, 0.1) is 0 Å². The molecule has 1 aromatic rings. The van der Waals surface area contributed by atoms with Crippen molar-refractivity contribution < 1.29 is 9.53 Å². The summed E-state index contributed by atoms with van der Waals surface area (Å²) in [5.74, 6) is -0.237. The summed E-state index contributed by atoms with van der Waals surface area (Å²) in [6.07, 6.45) is 1.68. The largest absolute Gasteiger partial charge is 0.450 e. The molecule has 0 radical (unpaired) electrons. The highest BCUT2D eigenvalue weighted by Crippen LogP contribution is 2.43. The molecule has 1 aromatic carbocycles. The first-order valence-electron chi connectivity index (χ1n) is 5.45. The lowest BCUT2D eigenvalue weighted by atomic mass is 9.84. The van der Waals surface area contributed by atoms with Gasteiger partial charge in [0.15, 0.2) is 0 Å². The minimum Gasteiger partial charge on any atom is -0.450 e. The van der Waals surface area contributed by atoms with Crippen molar-refractivity contribution in [2.24, 2.45) is 0 Å². The van der Waals surface area contributed by atoms with Crippen LogP contribution in [0.15, 0.2) is 18.2 Å². The van der Waals surface area contributed by atoms with E-state index in [-0.39, 0.29) is 18.4 Å². The normalized spacial score (nSPS) is 20.6. The van der Waals surface area contributed by atoms with E-state index in [9.17, 15) is 4.79 Å². The number of piperidine rings is 1. The number of benzene rings is 1. The Hall–Kier alpha value is -0.770. The molecule has 5 heteroatoms. The summed E-state index contributed by atoms with van der Waals surface area (Å²) in [4.78, 5) is 11.8. The molecule has 1 fully saturated rings. The molecular weight excluding hydrogens is 261 g/mol. The second-order valence-corrected chi connectivity index (χ2v) is 4.76. The van der Waals surface area contributed by atoms with Crippen LogP contribution >= 0.6 is 24.0 Å². The van der Waals surface area contributed by atoms with Crippen LogP contribution in [0.2, 0.25) is 5.02 Å². The SMILES string of the molecule is Cl.O=C1OC2(CCNCC2)c2ccc(Cl)cc21. The molecule has 2 aliphatic heterocycles. The van der Waals surface area contributed by atoms with Gasteiger partial charge in [-0.2, -0.15) is 0 Å². The van der Waals surface area contributed by atoms with Gasteiger partial charge in [0.05, 0.1) is 5.56 Å². The number of rotatable bonds is 0. The fraction of sp³-hybridized carbons (Fsp3) is 0.417. The van der Waals surface area contributed by atoms with Crippen LogP contribution < -0.4 is 5.32 Å². The standard InChI is InChI=1S/C12H12ClNO2.ClH/c13-8-1-2-10-9(7-8)11(15)16-12(10)3-5-14-6-4-12;/h1-2,7,14H,3-6H2;1H. The molecule has 0 amide bonds. The van der Waals surface area contributed by atoms with Gasteiger partial charge in [-0.15, -0.1) is 12.4 Å². The molecule has 1 N–H and O–H groups in total. The molecule has 0 aliphatic carbocycles. The quantitative estimate of drug-likeness (QED) is 0.739. The van der Waals surface area contributed by atoms with Crippen molar-refractivity contribution in [3.8, 4) is 0 Å². The lowest BCUT2D eigenvalue weighted by molar-refractivity contribution is -0.0241. The highest BCUT2D eigenvalue weighted by atomic mass is 35.5. The first-order valence-corrected chi connectivity index (χ1v) is 5.83. The predicted octanol–water partition coefficient (Wildman–Crippen LogP) is 2.51. The molecule has 92 valence electrons. The molecule has 0 unspecified atom stereocenters. The van der Waals surface area contributed by atoms with Gasteiger partial charge in [-0.25, -0.2) is 4.79 Å². The lowest BCUT2D eigenvalue weighted by Crippen LogP contribution is -2.39. The van der Waals surface area contributed by atoms with Crippen molar-refractivity contribution in [1.29, 1.82) is 0 Å². The van der Waals surface area contributed by atoms with Gasteiger partial charge >= 0.3 is 5.97 Å². The molecule has 0 atom stereocenters. The molecule has 2 heterocycles. The molecule has 0 aromatic heterocycles. The van der Waals surface area contributed by atoms with Gasteiger partial charge in [-0.3, -0.25) is 0 Å². The van der Waals surface area contributed by atoms with E-state index in [1.807, 2.05) is 12.1 Å². The molecule has 0 saturated carbocycles. The van der Waals surface area contributed by atoms with Gasteiger partial charge in [-0.1, -0.05) is 17.7 Å². The van der Waals surface area contributed by atoms with Crippen molar-refractivity contribution in [2.45, 2.75) is 18.4 Å². The van der Waals surface area contributed by atoms with Crippen LogP contribution in [0.1, 0.15) is 28.8 Å². The third-order valence-electron chi connectivity index (χ3n) is 3.39. The molecule has 17 heavy (non-hydrogen) atoms. The van der Waals surface area contributed by atoms with Crippen LogP contribution in [0.4, 0.5) is 0 Å². The van der Waals surface area contributed by atoms with Crippen molar-refractivity contribution in [2.75, 3.05) is 13.1 Å². The van der Waals surface area contributed by atoms with Crippen LogP contribution in [0.5, 0.6) is 0 Å². The average Bonchev–Trinajstić information content (AvgIpc) is 2.53. The van der Waals surface area contributed by atoms with Gasteiger partial charge in [-0.05, 0) is 25.2 Å². The smallest absolute Gasteiger partial charge is 0.339 e. The predicted molar refractivity (Wildman–Crippen MR) is 67.9 cm³/mol. The van der Waals surface area contributed by atoms with Gasteiger partial charge in [0.25, 0.3) is 0 Å². The maximum atomic E-state index is 11.8. The van der Waals surface area contributed by atoms with E-state index in [4.69, 9.17) is 16.3 Å². The molecule has 3 nitrogen and oxygen atoms in total. The summed E-state index contributed by atoms with van der Waals surface area (Å²) in [6.45, 7) is 1.77. The molecule has 0 bridgehead atoms. The van der Waals surface area contributed by atoms with Crippen molar-refractivity contribution in [3.05, 3.63) is 34.3 Å².